The van der Waals surface area contributed by atoms with Crippen LogP contribution in [0.3, 0.4) is 0 Å². The fourth-order valence-electron chi connectivity index (χ4n) is 2.18. The third-order valence-corrected chi connectivity index (χ3v) is 3.32. The molecule has 2 rings (SSSR count). The van der Waals surface area contributed by atoms with Gasteiger partial charge >= 0.3 is 0 Å². The third-order valence-electron chi connectivity index (χ3n) is 3.32. The van der Waals surface area contributed by atoms with Crippen LogP contribution in [0.2, 0.25) is 0 Å². The van der Waals surface area contributed by atoms with E-state index >= 15 is 0 Å². The molecule has 2 aromatic rings. The Kier molecular flexibility index (Phi) is 4.74. The maximum absolute atomic E-state index is 10.4. The van der Waals surface area contributed by atoms with Gasteiger partial charge in [-0.05, 0) is 30.5 Å². The summed E-state index contributed by atoms with van der Waals surface area (Å²) in [7, 11) is 1.64. The lowest BCUT2D eigenvalue weighted by molar-refractivity contribution is 0.173. The third kappa shape index (κ3) is 3.17. The minimum absolute atomic E-state index is 0.451. The Hall–Kier alpha value is -1.88. The molecule has 1 aromatic carbocycles. The SMILES string of the molecule is CCCn1ncnc1CC(O)c1ccc(C)c(OC)c1. The van der Waals surface area contributed by atoms with Gasteiger partial charge in [0.25, 0.3) is 0 Å². The molecule has 0 aliphatic carbocycles. The van der Waals surface area contributed by atoms with Crippen LogP contribution in [-0.2, 0) is 13.0 Å². The molecule has 0 fully saturated rings. The fraction of sp³-hybridized carbons (Fsp3) is 0.467. The van der Waals surface area contributed by atoms with Gasteiger partial charge in [0.1, 0.15) is 17.9 Å². The second kappa shape index (κ2) is 6.52. The zero-order valence-electron chi connectivity index (χ0n) is 12.2. The molecule has 0 saturated heterocycles. The molecule has 0 aliphatic rings. The quantitative estimate of drug-likeness (QED) is 0.878. The van der Waals surface area contributed by atoms with Crippen molar-refractivity contribution < 1.29 is 9.84 Å². The van der Waals surface area contributed by atoms with Crippen molar-refractivity contribution in [2.75, 3.05) is 7.11 Å². The van der Waals surface area contributed by atoms with Gasteiger partial charge < -0.3 is 9.84 Å². The summed E-state index contributed by atoms with van der Waals surface area (Å²) in [6.07, 6.45) is 2.37. The van der Waals surface area contributed by atoms with Crippen molar-refractivity contribution in [3.8, 4) is 5.75 Å². The van der Waals surface area contributed by atoms with Gasteiger partial charge in [-0.15, -0.1) is 0 Å². The first-order chi connectivity index (χ1) is 9.65. The molecule has 0 amide bonds. The normalized spacial score (nSPS) is 12.4. The largest absolute Gasteiger partial charge is 0.496 e. The van der Waals surface area contributed by atoms with Crippen molar-refractivity contribution in [1.82, 2.24) is 14.8 Å². The van der Waals surface area contributed by atoms with E-state index in [1.54, 1.807) is 7.11 Å². The highest BCUT2D eigenvalue weighted by molar-refractivity contribution is 5.37. The van der Waals surface area contributed by atoms with Crippen LogP contribution in [0.1, 0.15) is 36.4 Å². The molecule has 1 unspecified atom stereocenters. The lowest BCUT2D eigenvalue weighted by Crippen LogP contribution is -2.10. The Morgan fingerprint density at radius 3 is 2.90 bits per heavy atom. The topological polar surface area (TPSA) is 60.2 Å². The van der Waals surface area contributed by atoms with Crippen molar-refractivity contribution in [1.29, 1.82) is 0 Å². The summed E-state index contributed by atoms with van der Waals surface area (Å²) in [6, 6.07) is 5.75. The molecular weight excluding hydrogens is 254 g/mol. The molecule has 1 atom stereocenters. The summed E-state index contributed by atoms with van der Waals surface area (Å²) >= 11 is 0. The predicted octanol–water partition coefficient (Wildman–Crippen LogP) is 2.28. The molecule has 1 aromatic heterocycles. The summed E-state index contributed by atoms with van der Waals surface area (Å²) in [5.41, 5.74) is 1.89. The Morgan fingerprint density at radius 1 is 1.40 bits per heavy atom. The summed E-state index contributed by atoms with van der Waals surface area (Å²) < 4.78 is 7.13. The number of aromatic nitrogens is 3. The van der Waals surface area contributed by atoms with Crippen LogP contribution < -0.4 is 4.74 Å². The number of ether oxygens (including phenoxy) is 1. The molecule has 0 saturated carbocycles. The lowest BCUT2D eigenvalue weighted by Gasteiger charge is -2.13. The summed E-state index contributed by atoms with van der Waals surface area (Å²) in [5, 5.41) is 14.5. The number of hydrogen-bond donors (Lipinski definition) is 1. The van der Waals surface area contributed by atoms with Crippen LogP contribution in [-0.4, -0.2) is 27.0 Å². The Bertz CT molecular complexity index is 566. The van der Waals surface area contributed by atoms with E-state index in [0.717, 1.165) is 35.7 Å². The Balaban J connectivity index is 2.15. The number of aryl methyl sites for hydroxylation is 2. The molecule has 5 nitrogen and oxygen atoms in total. The van der Waals surface area contributed by atoms with Crippen molar-refractivity contribution in [2.45, 2.75) is 39.3 Å². The van der Waals surface area contributed by atoms with Gasteiger partial charge in [-0.25, -0.2) is 4.98 Å². The minimum atomic E-state index is -0.607. The van der Waals surface area contributed by atoms with Gasteiger partial charge in [0.05, 0.1) is 13.2 Å². The van der Waals surface area contributed by atoms with E-state index in [0.29, 0.717) is 6.42 Å². The molecule has 1 heterocycles. The highest BCUT2D eigenvalue weighted by Crippen LogP contribution is 2.24. The first kappa shape index (κ1) is 14.5. The van der Waals surface area contributed by atoms with Gasteiger partial charge in [-0.2, -0.15) is 5.10 Å². The van der Waals surface area contributed by atoms with E-state index in [1.165, 1.54) is 6.33 Å². The molecule has 0 aliphatic heterocycles. The van der Waals surface area contributed by atoms with Crippen LogP contribution in [0.4, 0.5) is 0 Å². The van der Waals surface area contributed by atoms with Gasteiger partial charge in [-0.3, -0.25) is 4.68 Å². The van der Waals surface area contributed by atoms with Crippen LogP contribution in [0.25, 0.3) is 0 Å². The Labute approximate surface area is 119 Å². The van der Waals surface area contributed by atoms with E-state index in [9.17, 15) is 5.11 Å². The molecular formula is C15H21N3O2. The number of rotatable bonds is 6. The first-order valence-electron chi connectivity index (χ1n) is 6.85. The smallest absolute Gasteiger partial charge is 0.138 e. The van der Waals surface area contributed by atoms with E-state index in [2.05, 4.69) is 17.0 Å². The van der Waals surface area contributed by atoms with Crippen molar-refractivity contribution >= 4 is 0 Å². The highest BCUT2D eigenvalue weighted by atomic mass is 16.5. The molecule has 0 spiro atoms. The molecule has 0 bridgehead atoms. The second-order valence-electron chi connectivity index (χ2n) is 4.85. The minimum Gasteiger partial charge on any atom is -0.496 e. The van der Waals surface area contributed by atoms with E-state index in [4.69, 9.17) is 4.74 Å². The number of hydrogen-bond acceptors (Lipinski definition) is 4. The van der Waals surface area contributed by atoms with Gasteiger partial charge in [0.15, 0.2) is 0 Å². The number of benzene rings is 1. The van der Waals surface area contributed by atoms with Crippen molar-refractivity contribution in [2.24, 2.45) is 0 Å². The van der Waals surface area contributed by atoms with E-state index in [1.807, 2.05) is 29.8 Å². The number of aliphatic hydroxyl groups excluding tert-OH is 1. The predicted molar refractivity (Wildman–Crippen MR) is 76.7 cm³/mol. The van der Waals surface area contributed by atoms with Crippen LogP contribution in [0.15, 0.2) is 24.5 Å². The second-order valence-corrected chi connectivity index (χ2v) is 4.85. The van der Waals surface area contributed by atoms with Gasteiger partial charge in [-0.1, -0.05) is 19.1 Å². The zero-order chi connectivity index (χ0) is 14.5. The van der Waals surface area contributed by atoms with Crippen LogP contribution in [0.5, 0.6) is 5.75 Å². The molecule has 108 valence electrons. The zero-order valence-corrected chi connectivity index (χ0v) is 12.2. The van der Waals surface area contributed by atoms with E-state index < -0.39 is 6.10 Å². The average Bonchev–Trinajstić information content (AvgIpc) is 2.87. The summed E-state index contributed by atoms with van der Waals surface area (Å²) in [6.45, 7) is 4.89. The van der Waals surface area contributed by atoms with Gasteiger partial charge in [0, 0.05) is 13.0 Å². The Morgan fingerprint density at radius 2 is 2.20 bits per heavy atom. The standard InChI is InChI=1S/C15H21N3O2/c1-4-7-18-15(16-10-17-18)9-13(19)12-6-5-11(2)14(8-12)20-3/h5-6,8,10,13,19H,4,7,9H2,1-3H3. The highest BCUT2D eigenvalue weighted by Gasteiger charge is 2.14. The average molecular weight is 275 g/mol. The maximum atomic E-state index is 10.4. The number of methoxy groups -OCH3 is 1. The summed E-state index contributed by atoms with van der Waals surface area (Å²) in [5.74, 6) is 1.59. The van der Waals surface area contributed by atoms with Crippen LogP contribution >= 0.6 is 0 Å². The van der Waals surface area contributed by atoms with Crippen molar-refractivity contribution in [3.63, 3.8) is 0 Å². The first-order valence-corrected chi connectivity index (χ1v) is 6.85. The molecule has 0 radical (unpaired) electrons. The van der Waals surface area contributed by atoms with Crippen molar-refractivity contribution in [3.05, 3.63) is 41.5 Å². The van der Waals surface area contributed by atoms with Gasteiger partial charge in [0.2, 0.25) is 0 Å². The molecule has 1 N–H and O–H groups in total. The maximum Gasteiger partial charge on any atom is 0.138 e. The molecule has 5 heteroatoms. The fourth-order valence-corrected chi connectivity index (χ4v) is 2.18. The van der Waals surface area contributed by atoms with E-state index in [-0.39, 0.29) is 0 Å². The summed E-state index contributed by atoms with van der Waals surface area (Å²) in [4.78, 5) is 4.22. The number of aliphatic hydroxyl groups is 1. The lowest BCUT2D eigenvalue weighted by atomic mass is 10.0. The monoisotopic (exact) mass is 275 g/mol. The molecule has 20 heavy (non-hydrogen) atoms. The number of nitrogens with zero attached hydrogens (tertiary/aromatic N) is 3. The van der Waals surface area contributed by atoms with Crippen LogP contribution in [0, 0.1) is 6.92 Å².